The molecule has 0 bridgehead atoms. The zero-order valence-corrected chi connectivity index (χ0v) is 17.5. The maximum Gasteiger partial charge on any atom is 0.297 e. The van der Waals surface area contributed by atoms with E-state index in [-0.39, 0.29) is 11.4 Å². The maximum atomic E-state index is 12.8. The average molecular weight is 413 g/mol. The van der Waals surface area contributed by atoms with E-state index in [9.17, 15) is 4.79 Å². The Bertz CT molecular complexity index is 988. The molecule has 0 aliphatic carbocycles. The molecule has 0 atom stereocenters. The molecule has 7 nitrogen and oxygen atoms in total. The fourth-order valence-electron chi connectivity index (χ4n) is 2.68. The predicted octanol–water partition coefficient (Wildman–Crippen LogP) is 4.10. The van der Waals surface area contributed by atoms with E-state index in [1.807, 2.05) is 62.4 Å². The second kappa shape index (κ2) is 9.97. The first kappa shape index (κ1) is 20.7. The summed E-state index contributed by atoms with van der Waals surface area (Å²) in [6, 6.07) is 15.2. The van der Waals surface area contributed by atoms with Crippen LogP contribution in [0.15, 0.2) is 58.5 Å². The zero-order chi connectivity index (χ0) is 20.6. The molecule has 152 valence electrons. The SMILES string of the molecule is CCOc1ccc(Nc2nnc(SCc3ccc(OC)cc3)n(CC)c2=O)cc1. The maximum absolute atomic E-state index is 12.8. The van der Waals surface area contributed by atoms with Crippen LogP contribution in [0.4, 0.5) is 11.5 Å². The number of nitrogens with one attached hydrogen (secondary N) is 1. The Hall–Kier alpha value is -3.00. The molecule has 3 aromatic rings. The molecule has 0 fully saturated rings. The highest BCUT2D eigenvalue weighted by Crippen LogP contribution is 2.22. The van der Waals surface area contributed by atoms with Gasteiger partial charge in [-0.25, -0.2) is 0 Å². The average Bonchev–Trinajstić information content (AvgIpc) is 2.76. The molecule has 0 saturated heterocycles. The summed E-state index contributed by atoms with van der Waals surface area (Å²) in [7, 11) is 1.64. The molecule has 0 aliphatic rings. The standard InChI is InChI=1S/C21H24N4O3S/c1-4-25-20(26)19(22-16-8-12-18(13-9-16)28-5-2)23-24-21(25)29-14-15-6-10-17(27-3)11-7-15/h6-13H,4-5,14H2,1-3H3,(H,22,23). The van der Waals surface area contributed by atoms with Gasteiger partial charge in [-0.1, -0.05) is 23.9 Å². The predicted molar refractivity (Wildman–Crippen MR) is 115 cm³/mol. The van der Waals surface area contributed by atoms with Crippen molar-refractivity contribution < 1.29 is 9.47 Å². The fraction of sp³-hybridized carbons (Fsp3) is 0.286. The first-order valence-electron chi connectivity index (χ1n) is 9.37. The Balaban J connectivity index is 1.73. The Labute approximate surface area is 174 Å². The molecular formula is C21H24N4O3S. The number of hydrogen-bond acceptors (Lipinski definition) is 7. The lowest BCUT2D eigenvalue weighted by Crippen LogP contribution is -2.26. The number of methoxy groups -OCH3 is 1. The molecule has 29 heavy (non-hydrogen) atoms. The molecule has 1 heterocycles. The van der Waals surface area contributed by atoms with Gasteiger partial charge in [0.15, 0.2) is 5.16 Å². The van der Waals surface area contributed by atoms with Gasteiger partial charge in [0, 0.05) is 18.0 Å². The van der Waals surface area contributed by atoms with Crippen LogP contribution in [-0.4, -0.2) is 28.5 Å². The van der Waals surface area contributed by atoms with Crippen molar-refractivity contribution in [3.8, 4) is 11.5 Å². The number of nitrogens with zero attached hydrogens (tertiary/aromatic N) is 3. The van der Waals surface area contributed by atoms with Crippen molar-refractivity contribution in [3.63, 3.8) is 0 Å². The number of ether oxygens (including phenoxy) is 2. The highest BCUT2D eigenvalue weighted by molar-refractivity contribution is 7.98. The number of hydrogen-bond donors (Lipinski definition) is 1. The topological polar surface area (TPSA) is 78.3 Å². The van der Waals surface area contributed by atoms with Crippen molar-refractivity contribution in [2.75, 3.05) is 19.0 Å². The molecular weight excluding hydrogens is 388 g/mol. The minimum atomic E-state index is -0.200. The molecule has 0 unspecified atom stereocenters. The number of rotatable bonds is 9. The number of thioether (sulfide) groups is 1. The van der Waals surface area contributed by atoms with Crippen LogP contribution in [0.2, 0.25) is 0 Å². The number of benzene rings is 2. The van der Waals surface area contributed by atoms with Gasteiger partial charge in [0.2, 0.25) is 5.82 Å². The molecule has 8 heteroatoms. The molecule has 1 N–H and O–H groups in total. The van der Waals surface area contributed by atoms with Crippen molar-refractivity contribution in [1.82, 2.24) is 14.8 Å². The molecule has 2 aromatic carbocycles. The van der Waals surface area contributed by atoms with E-state index < -0.39 is 0 Å². The van der Waals surface area contributed by atoms with Gasteiger partial charge in [-0.05, 0) is 55.8 Å². The van der Waals surface area contributed by atoms with Gasteiger partial charge in [0.25, 0.3) is 5.56 Å². The largest absolute Gasteiger partial charge is 0.497 e. The molecule has 0 spiro atoms. The van der Waals surface area contributed by atoms with Crippen molar-refractivity contribution in [2.24, 2.45) is 0 Å². The van der Waals surface area contributed by atoms with Crippen LogP contribution < -0.4 is 20.3 Å². The van der Waals surface area contributed by atoms with E-state index in [4.69, 9.17) is 9.47 Å². The quantitative estimate of drug-likeness (QED) is 0.530. The molecule has 0 saturated carbocycles. The second-order valence-corrected chi connectivity index (χ2v) is 7.04. The summed E-state index contributed by atoms with van der Waals surface area (Å²) in [6.07, 6.45) is 0. The Morgan fingerprint density at radius 1 is 1.00 bits per heavy atom. The van der Waals surface area contributed by atoms with Gasteiger partial charge in [-0.3, -0.25) is 9.36 Å². The summed E-state index contributed by atoms with van der Waals surface area (Å²) in [5, 5.41) is 12.0. The van der Waals surface area contributed by atoms with E-state index in [0.717, 1.165) is 22.7 Å². The van der Waals surface area contributed by atoms with Crippen molar-refractivity contribution in [3.05, 3.63) is 64.4 Å². The summed E-state index contributed by atoms with van der Waals surface area (Å²) >= 11 is 1.48. The summed E-state index contributed by atoms with van der Waals surface area (Å²) < 4.78 is 12.2. The van der Waals surface area contributed by atoms with Crippen molar-refractivity contribution in [1.29, 1.82) is 0 Å². The van der Waals surface area contributed by atoms with E-state index in [1.165, 1.54) is 11.8 Å². The van der Waals surface area contributed by atoms with Crippen LogP contribution >= 0.6 is 11.8 Å². The lowest BCUT2D eigenvalue weighted by atomic mass is 10.2. The van der Waals surface area contributed by atoms with Crippen LogP contribution in [0.1, 0.15) is 19.4 Å². The zero-order valence-electron chi connectivity index (χ0n) is 16.7. The van der Waals surface area contributed by atoms with E-state index in [0.29, 0.717) is 24.1 Å². The van der Waals surface area contributed by atoms with Crippen LogP contribution in [0.25, 0.3) is 0 Å². The lowest BCUT2D eigenvalue weighted by molar-refractivity contribution is 0.340. The first-order valence-corrected chi connectivity index (χ1v) is 10.4. The number of anilines is 2. The van der Waals surface area contributed by atoms with Gasteiger partial charge in [0.05, 0.1) is 13.7 Å². The summed E-state index contributed by atoms with van der Waals surface area (Å²) in [5.41, 5.74) is 1.67. The van der Waals surface area contributed by atoms with Crippen molar-refractivity contribution in [2.45, 2.75) is 31.3 Å². The summed E-state index contributed by atoms with van der Waals surface area (Å²) in [6.45, 7) is 4.97. The highest BCUT2D eigenvalue weighted by atomic mass is 32.2. The third kappa shape index (κ3) is 5.29. The Morgan fingerprint density at radius 3 is 2.31 bits per heavy atom. The van der Waals surface area contributed by atoms with Crippen LogP contribution in [0.3, 0.4) is 0 Å². The third-order valence-electron chi connectivity index (χ3n) is 4.19. The van der Waals surface area contributed by atoms with E-state index >= 15 is 0 Å². The van der Waals surface area contributed by atoms with E-state index in [1.54, 1.807) is 11.7 Å². The minimum Gasteiger partial charge on any atom is -0.497 e. The molecule has 0 radical (unpaired) electrons. The Morgan fingerprint density at radius 2 is 1.69 bits per heavy atom. The molecule has 1 aromatic heterocycles. The summed E-state index contributed by atoms with van der Waals surface area (Å²) in [4.78, 5) is 12.8. The first-order chi connectivity index (χ1) is 14.1. The monoisotopic (exact) mass is 412 g/mol. The van der Waals surface area contributed by atoms with Gasteiger partial charge >= 0.3 is 0 Å². The normalized spacial score (nSPS) is 10.6. The van der Waals surface area contributed by atoms with Crippen LogP contribution in [-0.2, 0) is 12.3 Å². The fourth-order valence-corrected chi connectivity index (χ4v) is 3.63. The minimum absolute atomic E-state index is 0.199. The summed E-state index contributed by atoms with van der Waals surface area (Å²) in [5.74, 6) is 2.47. The molecule has 0 amide bonds. The second-order valence-electron chi connectivity index (χ2n) is 6.10. The van der Waals surface area contributed by atoms with Crippen LogP contribution in [0, 0.1) is 0 Å². The van der Waals surface area contributed by atoms with Crippen molar-refractivity contribution >= 4 is 23.3 Å². The lowest BCUT2D eigenvalue weighted by Gasteiger charge is -2.12. The van der Waals surface area contributed by atoms with E-state index in [2.05, 4.69) is 15.5 Å². The highest BCUT2D eigenvalue weighted by Gasteiger charge is 2.12. The van der Waals surface area contributed by atoms with Crippen LogP contribution in [0.5, 0.6) is 11.5 Å². The molecule has 0 aliphatic heterocycles. The van der Waals surface area contributed by atoms with Gasteiger partial charge in [-0.2, -0.15) is 0 Å². The van der Waals surface area contributed by atoms with Gasteiger partial charge < -0.3 is 14.8 Å². The smallest absolute Gasteiger partial charge is 0.297 e. The molecule has 3 rings (SSSR count). The van der Waals surface area contributed by atoms with Gasteiger partial charge in [0.1, 0.15) is 11.5 Å². The third-order valence-corrected chi connectivity index (χ3v) is 5.22. The Kier molecular flexibility index (Phi) is 7.13. The van der Waals surface area contributed by atoms with Gasteiger partial charge in [-0.15, -0.1) is 10.2 Å². The number of aromatic nitrogens is 3.